The first-order chi connectivity index (χ1) is 15.5. The van der Waals surface area contributed by atoms with Crippen molar-refractivity contribution in [1.82, 2.24) is 19.2 Å². The van der Waals surface area contributed by atoms with Crippen LogP contribution in [-0.4, -0.2) is 25.1 Å². The van der Waals surface area contributed by atoms with Gasteiger partial charge in [0.25, 0.3) is 11.5 Å². The summed E-state index contributed by atoms with van der Waals surface area (Å²) in [5, 5.41) is 6.85. The molecular weight excluding hydrogens is 409 g/mol. The Kier molecular flexibility index (Phi) is 4.74. The van der Waals surface area contributed by atoms with Gasteiger partial charge in [-0.25, -0.2) is 8.91 Å². The molecule has 0 aliphatic rings. The number of hydrogen-bond acceptors (Lipinski definition) is 4. The van der Waals surface area contributed by atoms with Crippen LogP contribution in [0.2, 0.25) is 0 Å². The molecule has 0 atom stereocenters. The van der Waals surface area contributed by atoms with E-state index in [0.29, 0.717) is 17.6 Å². The molecule has 0 radical (unpaired) electrons. The summed E-state index contributed by atoms with van der Waals surface area (Å²) in [5.41, 5.74) is 3.25. The molecule has 2 heterocycles. The maximum atomic E-state index is 13.4. The third-order valence-corrected chi connectivity index (χ3v) is 5.16. The largest absolute Gasteiger partial charge is 0.319 e. The third kappa shape index (κ3) is 3.51. The molecule has 7 nitrogen and oxygen atoms in total. The lowest BCUT2D eigenvalue weighted by Crippen LogP contribution is -2.24. The maximum absolute atomic E-state index is 13.4. The van der Waals surface area contributed by atoms with Crippen molar-refractivity contribution >= 4 is 28.3 Å². The number of amides is 1. The quantitative estimate of drug-likeness (QED) is 0.473. The Labute approximate surface area is 181 Å². The van der Waals surface area contributed by atoms with Gasteiger partial charge in [0.2, 0.25) is 11.5 Å². The van der Waals surface area contributed by atoms with Crippen LogP contribution in [-0.2, 0) is 6.54 Å². The average Bonchev–Trinajstić information content (AvgIpc) is 3.23. The van der Waals surface area contributed by atoms with Crippen LogP contribution in [0.3, 0.4) is 0 Å². The fourth-order valence-electron chi connectivity index (χ4n) is 3.65. The van der Waals surface area contributed by atoms with Crippen LogP contribution in [0.4, 0.5) is 10.1 Å². The summed E-state index contributed by atoms with van der Waals surface area (Å²) in [7, 11) is 0. The highest BCUT2D eigenvalue weighted by Crippen LogP contribution is 2.18. The highest BCUT2D eigenvalue weighted by molar-refractivity contribution is 6.02. The van der Waals surface area contributed by atoms with Crippen LogP contribution >= 0.6 is 0 Å². The number of hydrogen-bond donors (Lipinski definition) is 1. The number of rotatable bonds is 4. The highest BCUT2D eigenvalue weighted by atomic mass is 19.1. The molecule has 0 spiro atoms. The van der Waals surface area contributed by atoms with Crippen LogP contribution in [0, 0.1) is 12.7 Å². The van der Waals surface area contributed by atoms with E-state index in [0.717, 1.165) is 11.1 Å². The average molecular weight is 427 g/mol. The summed E-state index contributed by atoms with van der Waals surface area (Å²) in [6.07, 6.45) is 0. The molecule has 0 unspecified atom stereocenters. The van der Waals surface area contributed by atoms with Gasteiger partial charge in [0, 0.05) is 5.69 Å². The van der Waals surface area contributed by atoms with E-state index in [2.05, 4.69) is 15.4 Å². The zero-order chi connectivity index (χ0) is 22.2. The molecular formula is C24H18FN5O2. The van der Waals surface area contributed by atoms with Crippen molar-refractivity contribution in [1.29, 1.82) is 0 Å². The molecule has 0 aliphatic heterocycles. The number of halogens is 1. The van der Waals surface area contributed by atoms with E-state index in [9.17, 15) is 14.0 Å². The second kappa shape index (κ2) is 7.73. The number of benzene rings is 3. The van der Waals surface area contributed by atoms with Crippen LogP contribution < -0.4 is 10.9 Å². The first-order valence-electron chi connectivity index (χ1n) is 10.0. The van der Waals surface area contributed by atoms with E-state index in [1.54, 1.807) is 10.6 Å². The van der Waals surface area contributed by atoms with Crippen molar-refractivity contribution in [2.24, 2.45) is 0 Å². The fraction of sp³-hybridized carbons (Fsp3) is 0.0833. The van der Waals surface area contributed by atoms with E-state index in [1.807, 2.05) is 55.5 Å². The van der Waals surface area contributed by atoms with Gasteiger partial charge in [-0.05, 0) is 48.4 Å². The Balaban J connectivity index is 1.65. The summed E-state index contributed by atoms with van der Waals surface area (Å²) in [6, 6.07) is 20.8. The van der Waals surface area contributed by atoms with Crippen molar-refractivity contribution in [3.8, 4) is 0 Å². The van der Waals surface area contributed by atoms with Crippen molar-refractivity contribution in [3.63, 3.8) is 0 Å². The predicted molar refractivity (Wildman–Crippen MR) is 119 cm³/mol. The zero-order valence-electron chi connectivity index (χ0n) is 17.1. The molecule has 0 bridgehead atoms. The van der Waals surface area contributed by atoms with Gasteiger partial charge < -0.3 is 5.32 Å². The van der Waals surface area contributed by atoms with Gasteiger partial charge in [0.1, 0.15) is 5.82 Å². The second-order valence-electron chi connectivity index (χ2n) is 7.50. The molecule has 0 saturated heterocycles. The van der Waals surface area contributed by atoms with Gasteiger partial charge in [-0.15, -0.1) is 5.10 Å². The molecule has 1 N–H and O–H groups in total. The Hall–Kier alpha value is -4.33. The van der Waals surface area contributed by atoms with E-state index in [-0.39, 0.29) is 22.7 Å². The lowest BCUT2D eigenvalue weighted by Gasteiger charge is -2.12. The summed E-state index contributed by atoms with van der Waals surface area (Å²) in [4.78, 5) is 30.3. The van der Waals surface area contributed by atoms with Gasteiger partial charge in [-0.1, -0.05) is 42.5 Å². The van der Waals surface area contributed by atoms with Crippen LogP contribution in [0.25, 0.3) is 16.7 Å². The topological polar surface area (TPSA) is 81.3 Å². The molecule has 5 rings (SSSR count). The number of fused-ring (bicyclic) bond motifs is 3. The zero-order valence-corrected chi connectivity index (χ0v) is 17.1. The molecule has 0 fully saturated rings. The van der Waals surface area contributed by atoms with E-state index in [4.69, 9.17) is 0 Å². The molecule has 0 saturated carbocycles. The predicted octanol–water partition coefficient (Wildman–Crippen LogP) is 3.79. The Morgan fingerprint density at radius 2 is 1.81 bits per heavy atom. The molecule has 32 heavy (non-hydrogen) atoms. The van der Waals surface area contributed by atoms with Crippen molar-refractivity contribution in [2.75, 3.05) is 5.32 Å². The van der Waals surface area contributed by atoms with Crippen LogP contribution in [0.15, 0.2) is 77.6 Å². The first-order valence-corrected chi connectivity index (χ1v) is 10.0. The number of aromatic nitrogens is 4. The molecule has 8 heteroatoms. The van der Waals surface area contributed by atoms with Crippen molar-refractivity contribution < 1.29 is 9.18 Å². The number of nitrogens with one attached hydrogen (secondary N) is 1. The third-order valence-electron chi connectivity index (χ3n) is 5.16. The van der Waals surface area contributed by atoms with E-state index in [1.165, 1.54) is 22.7 Å². The number of carbonyl (C=O) groups is 1. The number of carbonyl (C=O) groups excluding carboxylic acids is 1. The number of anilines is 1. The normalized spacial score (nSPS) is 11.2. The molecule has 1 amide bonds. The lowest BCUT2D eigenvalue weighted by atomic mass is 10.2. The van der Waals surface area contributed by atoms with Gasteiger partial charge in [0.05, 0.1) is 17.6 Å². The Morgan fingerprint density at radius 1 is 1.00 bits per heavy atom. The van der Waals surface area contributed by atoms with Crippen LogP contribution in [0.1, 0.15) is 21.7 Å². The standard InChI is InChI=1S/C24H18FN5O2/c1-15-10-11-19-20(12-15)29(14-16-6-3-2-4-7-16)24(32)22-27-21(28-30(19)22)23(31)26-18-9-5-8-17(25)13-18/h2-13H,14H2,1H3,(H,26,31). The molecule has 2 aromatic heterocycles. The monoisotopic (exact) mass is 427 g/mol. The van der Waals surface area contributed by atoms with Gasteiger partial charge >= 0.3 is 0 Å². The molecule has 3 aromatic carbocycles. The summed E-state index contributed by atoms with van der Waals surface area (Å²) >= 11 is 0. The SMILES string of the molecule is Cc1ccc2c(c1)n(Cc1ccccc1)c(=O)c1nc(C(=O)Nc3cccc(F)c3)nn12. The summed E-state index contributed by atoms with van der Waals surface area (Å²) in [5.74, 6) is -1.28. The minimum absolute atomic E-state index is 0.0432. The fourth-order valence-corrected chi connectivity index (χ4v) is 3.65. The highest BCUT2D eigenvalue weighted by Gasteiger charge is 2.19. The minimum Gasteiger partial charge on any atom is -0.319 e. The lowest BCUT2D eigenvalue weighted by molar-refractivity contribution is 0.101. The molecule has 0 aliphatic carbocycles. The van der Waals surface area contributed by atoms with E-state index >= 15 is 0 Å². The second-order valence-corrected chi connectivity index (χ2v) is 7.50. The minimum atomic E-state index is -0.631. The van der Waals surface area contributed by atoms with Gasteiger partial charge in [-0.2, -0.15) is 4.98 Å². The van der Waals surface area contributed by atoms with Crippen molar-refractivity contribution in [3.05, 3.63) is 106 Å². The summed E-state index contributed by atoms with van der Waals surface area (Å²) in [6.45, 7) is 2.30. The number of aryl methyl sites for hydroxylation is 1. The Morgan fingerprint density at radius 3 is 2.59 bits per heavy atom. The summed E-state index contributed by atoms with van der Waals surface area (Å²) < 4.78 is 16.5. The Bertz CT molecular complexity index is 1540. The first kappa shape index (κ1) is 19.6. The van der Waals surface area contributed by atoms with Crippen LogP contribution in [0.5, 0.6) is 0 Å². The van der Waals surface area contributed by atoms with Gasteiger partial charge in [0.15, 0.2) is 0 Å². The van der Waals surface area contributed by atoms with Gasteiger partial charge in [-0.3, -0.25) is 14.2 Å². The maximum Gasteiger partial charge on any atom is 0.296 e. The smallest absolute Gasteiger partial charge is 0.296 e. The molecule has 158 valence electrons. The van der Waals surface area contributed by atoms with Crippen molar-refractivity contribution in [2.45, 2.75) is 13.5 Å². The molecule has 5 aromatic rings. The number of nitrogens with zero attached hydrogens (tertiary/aromatic N) is 4. The van der Waals surface area contributed by atoms with E-state index < -0.39 is 11.7 Å².